The van der Waals surface area contributed by atoms with Crippen LogP contribution in [0.2, 0.25) is 5.02 Å². The summed E-state index contributed by atoms with van der Waals surface area (Å²) in [5.74, 6) is 0.377. The number of aromatic nitrogens is 2. The van der Waals surface area contributed by atoms with Crippen molar-refractivity contribution in [1.29, 1.82) is 0 Å². The monoisotopic (exact) mass is 333 g/mol. The fourth-order valence-corrected chi connectivity index (χ4v) is 1.78. The molecule has 2 aromatic rings. The minimum Gasteiger partial charge on any atom is -0.381 e. The molecule has 0 fully saturated rings. The Kier molecular flexibility index (Phi) is 3.16. The molecule has 0 aliphatic carbocycles. The predicted molar refractivity (Wildman–Crippen MR) is 69.9 cm³/mol. The first kappa shape index (κ1) is 10.8. The smallest absolute Gasteiger partial charge is 0.164 e. The van der Waals surface area contributed by atoms with Gasteiger partial charge in [0.2, 0.25) is 0 Å². The summed E-state index contributed by atoms with van der Waals surface area (Å²) in [7, 11) is 0. The molecular formula is C10H9ClIN3. The van der Waals surface area contributed by atoms with E-state index in [4.69, 9.17) is 17.3 Å². The molecule has 1 aromatic carbocycles. The van der Waals surface area contributed by atoms with Crippen molar-refractivity contribution < 1.29 is 0 Å². The van der Waals surface area contributed by atoms with E-state index in [0.717, 1.165) is 0 Å². The fourth-order valence-electron chi connectivity index (χ4n) is 1.27. The molecule has 1 aromatic heterocycles. The Hall–Kier alpha value is -0.750. The quantitative estimate of drug-likeness (QED) is 0.859. The largest absolute Gasteiger partial charge is 0.381 e. The lowest BCUT2D eigenvalue weighted by atomic mass is 10.2. The first-order valence-corrected chi connectivity index (χ1v) is 5.83. The van der Waals surface area contributed by atoms with Gasteiger partial charge in [-0.2, -0.15) is 5.10 Å². The van der Waals surface area contributed by atoms with E-state index in [1.165, 1.54) is 9.13 Å². The lowest BCUT2D eigenvalue weighted by Gasteiger charge is -2.01. The molecule has 15 heavy (non-hydrogen) atoms. The van der Waals surface area contributed by atoms with Crippen molar-refractivity contribution in [1.82, 2.24) is 9.78 Å². The van der Waals surface area contributed by atoms with Crippen molar-refractivity contribution in [2.75, 3.05) is 5.73 Å². The number of hydrogen-bond donors (Lipinski definition) is 1. The molecule has 0 saturated heterocycles. The highest BCUT2D eigenvalue weighted by molar-refractivity contribution is 14.1. The van der Waals surface area contributed by atoms with Gasteiger partial charge in [-0.25, -0.2) is 0 Å². The second kappa shape index (κ2) is 4.40. The van der Waals surface area contributed by atoms with Crippen molar-refractivity contribution in [2.24, 2.45) is 0 Å². The van der Waals surface area contributed by atoms with Crippen molar-refractivity contribution in [3.8, 4) is 0 Å². The number of nitrogens with zero attached hydrogens (tertiary/aromatic N) is 2. The van der Waals surface area contributed by atoms with Crippen LogP contribution in [0.5, 0.6) is 0 Å². The molecule has 5 heteroatoms. The summed E-state index contributed by atoms with van der Waals surface area (Å²) in [5, 5.41) is 4.59. The van der Waals surface area contributed by atoms with Gasteiger partial charge in [-0.1, -0.05) is 23.7 Å². The number of hydrogen-bond acceptors (Lipinski definition) is 2. The van der Waals surface area contributed by atoms with Crippen LogP contribution in [-0.2, 0) is 6.54 Å². The van der Waals surface area contributed by atoms with Gasteiger partial charge in [-0.15, -0.1) is 0 Å². The topological polar surface area (TPSA) is 43.8 Å². The normalized spacial score (nSPS) is 10.5. The van der Waals surface area contributed by atoms with E-state index in [1.54, 1.807) is 10.9 Å². The van der Waals surface area contributed by atoms with Gasteiger partial charge in [-0.3, -0.25) is 4.68 Å². The Morgan fingerprint density at radius 2 is 2.00 bits per heavy atom. The zero-order valence-electron chi connectivity index (χ0n) is 7.82. The van der Waals surface area contributed by atoms with E-state index in [-0.39, 0.29) is 0 Å². The lowest BCUT2D eigenvalue weighted by Crippen LogP contribution is -2.00. The maximum atomic E-state index is 5.81. The van der Waals surface area contributed by atoms with E-state index in [1.807, 2.05) is 0 Å². The number of nitrogens with two attached hydrogens (primary N) is 1. The molecule has 0 aliphatic rings. The van der Waals surface area contributed by atoms with Gasteiger partial charge in [0.1, 0.15) is 5.02 Å². The molecule has 2 N–H and O–H groups in total. The third-order valence-electron chi connectivity index (χ3n) is 2.00. The summed E-state index contributed by atoms with van der Waals surface area (Å²) in [5.41, 5.74) is 6.73. The Morgan fingerprint density at radius 3 is 2.53 bits per heavy atom. The fraction of sp³-hybridized carbons (Fsp3) is 0.100. The molecule has 0 aliphatic heterocycles. The third-order valence-corrected chi connectivity index (χ3v) is 3.01. The van der Waals surface area contributed by atoms with Crippen LogP contribution in [-0.4, -0.2) is 9.78 Å². The number of halogens is 2. The van der Waals surface area contributed by atoms with Crippen molar-refractivity contribution >= 4 is 40.0 Å². The summed E-state index contributed by atoms with van der Waals surface area (Å²) in [6, 6.07) is 8.25. The molecule has 0 radical (unpaired) electrons. The Morgan fingerprint density at radius 1 is 1.33 bits per heavy atom. The summed E-state index contributed by atoms with van der Waals surface area (Å²) in [4.78, 5) is 0. The minimum atomic E-state index is 0.377. The van der Waals surface area contributed by atoms with Gasteiger partial charge in [-0.05, 0) is 40.3 Å². The molecule has 0 bridgehead atoms. The average molecular weight is 334 g/mol. The van der Waals surface area contributed by atoms with Gasteiger partial charge in [0.15, 0.2) is 5.82 Å². The molecule has 0 atom stereocenters. The first-order valence-electron chi connectivity index (χ1n) is 4.38. The van der Waals surface area contributed by atoms with Crippen LogP contribution in [0.3, 0.4) is 0 Å². The van der Waals surface area contributed by atoms with E-state index < -0.39 is 0 Å². The zero-order valence-corrected chi connectivity index (χ0v) is 10.7. The molecule has 0 spiro atoms. The van der Waals surface area contributed by atoms with Crippen LogP contribution in [0.25, 0.3) is 0 Å². The number of nitrogen functional groups attached to an aromatic ring is 1. The molecule has 1 heterocycles. The number of rotatable bonds is 2. The van der Waals surface area contributed by atoms with Gasteiger partial charge in [0.05, 0.1) is 6.54 Å². The van der Waals surface area contributed by atoms with Crippen molar-refractivity contribution in [2.45, 2.75) is 6.54 Å². The summed E-state index contributed by atoms with van der Waals surface area (Å²) in [6.07, 6.45) is 1.73. The maximum absolute atomic E-state index is 5.81. The highest BCUT2D eigenvalue weighted by atomic mass is 127. The van der Waals surface area contributed by atoms with Crippen LogP contribution >= 0.6 is 34.2 Å². The molecule has 0 unspecified atom stereocenters. The maximum Gasteiger partial charge on any atom is 0.164 e. The lowest BCUT2D eigenvalue weighted by molar-refractivity contribution is 0.690. The van der Waals surface area contributed by atoms with Gasteiger partial charge in [0, 0.05) is 9.77 Å². The summed E-state index contributed by atoms with van der Waals surface area (Å²) in [6.45, 7) is 0.688. The van der Waals surface area contributed by atoms with Crippen LogP contribution < -0.4 is 5.73 Å². The molecular weight excluding hydrogens is 324 g/mol. The first-order chi connectivity index (χ1) is 7.15. The van der Waals surface area contributed by atoms with E-state index >= 15 is 0 Å². The van der Waals surface area contributed by atoms with Crippen molar-refractivity contribution in [3.05, 3.63) is 44.6 Å². The second-order valence-corrected chi connectivity index (χ2v) is 4.84. The summed E-state index contributed by atoms with van der Waals surface area (Å²) < 4.78 is 2.95. The number of benzene rings is 1. The van der Waals surface area contributed by atoms with Gasteiger partial charge in [0.25, 0.3) is 0 Å². The minimum absolute atomic E-state index is 0.377. The summed E-state index contributed by atoms with van der Waals surface area (Å²) >= 11 is 8.08. The van der Waals surface area contributed by atoms with Gasteiger partial charge < -0.3 is 5.73 Å². The number of anilines is 1. The van der Waals surface area contributed by atoms with Crippen LogP contribution in [0.4, 0.5) is 5.82 Å². The third kappa shape index (κ3) is 2.63. The highest BCUT2D eigenvalue weighted by Gasteiger charge is 2.02. The van der Waals surface area contributed by atoms with Crippen LogP contribution in [0, 0.1) is 3.57 Å². The molecule has 2 rings (SSSR count). The standard InChI is InChI=1S/C10H9ClIN3/c11-9-6-15(14-10(9)13)5-7-1-3-8(12)4-2-7/h1-4,6H,5H2,(H2,13,14). The predicted octanol–water partition coefficient (Wildman–Crippen LogP) is 2.77. The van der Waals surface area contributed by atoms with Crippen molar-refractivity contribution in [3.63, 3.8) is 0 Å². The van der Waals surface area contributed by atoms with E-state index in [9.17, 15) is 0 Å². The SMILES string of the molecule is Nc1nn(Cc2ccc(I)cc2)cc1Cl. The van der Waals surface area contributed by atoms with Crippen LogP contribution in [0.1, 0.15) is 5.56 Å². The molecule has 0 amide bonds. The van der Waals surface area contributed by atoms with Crippen LogP contribution in [0.15, 0.2) is 30.5 Å². The second-order valence-electron chi connectivity index (χ2n) is 3.19. The Bertz CT molecular complexity index is 445. The average Bonchev–Trinajstić information content (AvgIpc) is 2.50. The Balaban J connectivity index is 2.18. The van der Waals surface area contributed by atoms with E-state index in [2.05, 4.69) is 52.0 Å². The molecule has 3 nitrogen and oxygen atoms in total. The molecule has 78 valence electrons. The van der Waals surface area contributed by atoms with E-state index in [0.29, 0.717) is 17.4 Å². The zero-order chi connectivity index (χ0) is 10.8. The Labute approximate surface area is 106 Å². The van der Waals surface area contributed by atoms with Gasteiger partial charge >= 0.3 is 0 Å². The molecule has 0 saturated carbocycles. The highest BCUT2D eigenvalue weighted by Crippen LogP contribution is 2.16.